The number of hydrogen-bond donors (Lipinski definition) is 1. The number of aliphatic carboxylic acids is 1. The highest BCUT2D eigenvalue weighted by Gasteiger charge is 2.27. The lowest BCUT2D eigenvalue weighted by Crippen LogP contribution is -2.44. The molecule has 1 atom stereocenters. The van der Waals surface area contributed by atoms with Crippen molar-refractivity contribution in [3.05, 3.63) is 0 Å². The van der Waals surface area contributed by atoms with E-state index in [0.717, 1.165) is 43.7 Å². The summed E-state index contributed by atoms with van der Waals surface area (Å²) in [5.41, 5.74) is 0. The van der Waals surface area contributed by atoms with E-state index in [4.69, 9.17) is 9.84 Å². The van der Waals surface area contributed by atoms with Gasteiger partial charge >= 0.3 is 5.97 Å². The lowest BCUT2D eigenvalue weighted by Gasteiger charge is -2.32. The third-order valence-electron chi connectivity index (χ3n) is 3.45. The second-order valence-electron chi connectivity index (χ2n) is 5.27. The Morgan fingerprint density at radius 3 is 2.74 bits per heavy atom. The molecule has 2 rings (SSSR count). The molecule has 1 N–H and O–H groups in total. The van der Waals surface area contributed by atoms with E-state index in [2.05, 4.69) is 0 Å². The number of carbonyl (C=O) groups excluding carboxylic acids is 1. The summed E-state index contributed by atoms with van der Waals surface area (Å²) >= 11 is 1.16. The van der Waals surface area contributed by atoms with Crippen LogP contribution in [0.2, 0.25) is 0 Å². The number of likely N-dealkylation sites (tertiary alicyclic amines) is 1. The van der Waals surface area contributed by atoms with Gasteiger partial charge in [-0.1, -0.05) is 0 Å². The van der Waals surface area contributed by atoms with E-state index in [9.17, 15) is 9.59 Å². The minimum atomic E-state index is -0.873. The van der Waals surface area contributed by atoms with Crippen molar-refractivity contribution < 1.29 is 19.4 Å². The number of carboxylic acids is 1. The summed E-state index contributed by atoms with van der Waals surface area (Å²) in [4.78, 5) is 24.1. The van der Waals surface area contributed by atoms with E-state index in [0.29, 0.717) is 6.54 Å². The smallest absolute Gasteiger partial charge is 0.313 e. The summed E-state index contributed by atoms with van der Waals surface area (Å²) in [6, 6.07) is 0. The van der Waals surface area contributed by atoms with Crippen LogP contribution in [0.1, 0.15) is 25.7 Å². The number of carbonyl (C=O) groups is 2. The van der Waals surface area contributed by atoms with Gasteiger partial charge in [-0.2, -0.15) is 0 Å². The van der Waals surface area contributed by atoms with Crippen molar-refractivity contribution in [3.63, 3.8) is 0 Å². The Hall–Kier alpha value is -0.750. The van der Waals surface area contributed by atoms with Gasteiger partial charge in [0.05, 0.1) is 17.6 Å². The molecule has 0 spiro atoms. The van der Waals surface area contributed by atoms with Crippen LogP contribution < -0.4 is 0 Å². The van der Waals surface area contributed by atoms with Crippen LogP contribution in [-0.4, -0.2) is 59.2 Å². The van der Waals surface area contributed by atoms with Crippen molar-refractivity contribution in [2.45, 2.75) is 31.8 Å². The van der Waals surface area contributed by atoms with Crippen LogP contribution in [-0.2, 0) is 14.3 Å². The van der Waals surface area contributed by atoms with Gasteiger partial charge in [0, 0.05) is 19.7 Å². The Labute approximate surface area is 117 Å². The summed E-state index contributed by atoms with van der Waals surface area (Å²) in [7, 11) is 0. The van der Waals surface area contributed by atoms with Gasteiger partial charge in [0.1, 0.15) is 0 Å². The van der Waals surface area contributed by atoms with Crippen molar-refractivity contribution >= 4 is 23.6 Å². The number of ether oxygens (including phenoxy) is 1. The monoisotopic (exact) mass is 287 g/mol. The molecule has 5 nitrogen and oxygen atoms in total. The fourth-order valence-electron chi connectivity index (χ4n) is 2.17. The lowest BCUT2D eigenvalue weighted by atomic mass is 10.1. The van der Waals surface area contributed by atoms with Crippen molar-refractivity contribution in [3.8, 4) is 0 Å². The molecule has 1 aliphatic heterocycles. The number of amides is 1. The van der Waals surface area contributed by atoms with Crippen LogP contribution in [0.3, 0.4) is 0 Å². The molecule has 1 heterocycles. The highest BCUT2D eigenvalue weighted by molar-refractivity contribution is 8.00. The van der Waals surface area contributed by atoms with Crippen molar-refractivity contribution in [2.24, 2.45) is 5.92 Å². The maximum atomic E-state index is 11.9. The molecule has 1 saturated carbocycles. The van der Waals surface area contributed by atoms with Gasteiger partial charge in [-0.15, -0.1) is 11.8 Å². The van der Waals surface area contributed by atoms with Gasteiger partial charge in [0.2, 0.25) is 5.91 Å². The van der Waals surface area contributed by atoms with E-state index in [-0.39, 0.29) is 23.5 Å². The first-order valence-electron chi connectivity index (χ1n) is 6.84. The van der Waals surface area contributed by atoms with Crippen LogP contribution in [0.15, 0.2) is 0 Å². The summed E-state index contributed by atoms with van der Waals surface area (Å²) in [5, 5.41) is 8.54. The zero-order valence-corrected chi connectivity index (χ0v) is 11.9. The molecular weight excluding hydrogens is 266 g/mol. The minimum absolute atomic E-state index is 0.0127. The molecule has 0 aromatic carbocycles. The Morgan fingerprint density at radius 2 is 2.05 bits per heavy atom. The third kappa shape index (κ3) is 5.40. The number of hydrogen-bond acceptors (Lipinski definition) is 4. The Bertz CT molecular complexity index is 333. The van der Waals surface area contributed by atoms with Gasteiger partial charge in [0.25, 0.3) is 0 Å². The van der Waals surface area contributed by atoms with E-state index < -0.39 is 5.97 Å². The molecule has 1 aliphatic carbocycles. The Morgan fingerprint density at radius 1 is 1.26 bits per heavy atom. The molecule has 1 saturated heterocycles. The molecular formula is C13H21NO4S. The van der Waals surface area contributed by atoms with Gasteiger partial charge in [-0.25, -0.2) is 0 Å². The minimum Gasteiger partial charge on any atom is -0.481 e. The third-order valence-corrected chi connectivity index (χ3v) is 4.35. The lowest BCUT2D eigenvalue weighted by molar-refractivity contribution is -0.134. The largest absolute Gasteiger partial charge is 0.481 e. The Balaban J connectivity index is 1.66. The van der Waals surface area contributed by atoms with Crippen molar-refractivity contribution in [2.75, 3.05) is 31.2 Å². The predicted octanol–water partition coefficient (Wildman–Crippen LogP) is 1.22. The molecule has 19 heavy (non-hydrogen) atoms. The van der Waals surface area contributed by atoms with Gasteiger partial charge in [0.15, 0.2) is 0 Å². The highest BCUT2D eigenvalue weighted by atomic mass is 32.2. The standard InChI is InChI=1S/C13H21NO4S/c15-12(8-19-9-13(16)17)14-5-1-2-11(6-14)18-7-10-3-4-10/h10-11H,1-9H2,(H,16,17). The maximum absolute atomic E-state index is 11.9. The molecule has 0 aromatic rings. The second-order valence-corrected chi connectivity index (χ2v) is 6.25. The van der Waals surface area contributed by atoms with E-state index in [1.165, 1.54) is 12.8 Å². The topological polar surface area (TPSA) is 66.8 Å². The highest BCUT2D eigenvalue weighted by Crippen LogP contribution is 2.30. The van der Waals surface area contributed by atoms with Crippen LogP contribution >= 0.6 is 11.8 Å². The first-order chi connectivity index (χ1) is 9.15. The van der Waals surface area contributed by atoms with Gasteiger partial charge in [-0.3, -0.25) is 9.59 Å². The van der Waals surface area contributed by atoms with E-state index in [1.807, 2.05) is 4.90 Å². The predicted molar refractivity (Wildman–Crippen MR) is 73.2 cm³/mol. The normalized spacial score (nSPS) is 23.4. The Kier molecular flexibility index (Phi) is 5.51. The first kappa shape index (κ1) is 14.7. The van der Waals surface area contributed by atoms with Crippen LogP contribution in [0.4, 0.5) is 0 Å². The number of rotatable bonds is 7. The fraction of sp³-hybridized carbons (Fsp3) is 0.846. The quantitative estimate of drug-likeness (QED) is 0.762. The summed E-state index contributed by atoms with van der Waals surface area (Å²) in [5.74, 6) is 0.147. The average molecular weight is 287 g/mol. The number of thioether (sulfide) groups is 1. The molecule has 0 bridgehead atoms. The number of piperidine rings is 1. The average Bonchev–Trinajstić information content (AvgIpc) is 3.20. The summed E-state index contributed by atoms with van der Waals surface area (Å²) in [6.45, 7) is 2.27. The van der Waals surface area contributed by atoms with E-state index >= 15 is 0 Å². The van der Waals surface area contributed by atoms with Gasteiger partial charge < -0.3 is 14.7 Å². The summed E-state index contributed by atoms with van der Waals surface area (Å²) < 4.78 is 5.84. The molecule has 6 heteroatoms. The molecule has 0 aromatic heterocycles. The first-order valence-corrected chi connectivity index (χ1v) is 7.99. The molecule has 2 aliphatic rings. The molecule has 108 valence electrons. The SMILES string of the molecule is O=C(O)CSCC(=O)N1CCCC(OCC2CC2)C1. The molecule has 1 unspecified atom stereocenters. The van der Waals surface area contributed by atoms with Crippen LogP contribution in [0.5, 0.6) is 0 Å². The zero-order valence-electron chi connectivity index (χ0n) is 11.0. The van der Waals surface area contributed by atoms with Gasteiger partial charge in [-0.05, 0) is 31.6 Å². The number of carboxylic acid groups (broad SMARTS) is 1. The van der Waals surface area contributed by atoms with Crippen LogP contribution in [0, 0.1) is 5.92 Å². The maximum Gasteiger partial charge on any atom is 0.313 e. The fourth-order valence-corrected chi connectivity index (χ4v) is 2.81. The van der Waals surface area contributed by atoms with E-state index in [1.54, 1.807) is 0 Å². The number of nitrogens with zero attached hydrogens (tertiary/aromatic N) is 1. The molecule has 1 amide bonds. The zero-order chi connectivity index (χ0) is 13.7. The van der Waals surface area contributed by atoms with Crippen molar-refractivity contribution in [1.29, 1.82) is 0 Å². The summed E-state index contributed by atoms with van der Waals surface area (Å²) in [6.07, 6.45) is 4.73. The molecule has 0 radical (unpaired) electrons. The molecule has 2 fully saturated rings. The van der Waals surface area contributed by atoms with Crippen molar-refractivity contribution in [1.82, 2.24) is 4.90 Å². The second kappa shape index (κ2) is 7.14. The van der Waals surface area contributed by atoms with Crippen LogP contribution in [0.25, 0.3) is 0 Å².